The average molecular weight is 364 g/mol. The first-order valence-corrected chi connectivity index (χ1v) is 8.33. The molecule has 2 N–H and O–H groups in total. The molecule has 0 spiro atoms. The summed E-state index contributed by atoms with van der Waals surface area (Å²) >= 11 is 0. The summed E-state index contributed by atoms with van der Waals surface area (Å²) < 4.78 is 20.6. The summed E-state index contributed by atoms with van der Waals surface area (Å²) in [6.45, 7) is 0.481. The van der Waals surface area contributed by atoms with Crippen LogP contribution in [0.2, 0.25) is 0 Å². The molecule has 0 saturated carbocycles. The van der Waals surface area contributed by atoms with Gasteiger partial charge in [-0.25, -0.2) is 0 Å². The van der Waals surface area contributed by atoms with Crippen LogP contribution in [0.1, 0.15) is 23.2 Å². The molecule has 0 unspecified atom stereocenters. The summed E-state index contributed by atoms with van der Waals surface area (Å²) in [5.74, 6) is -0.525. The molecule has 1 aromatic carbocycles. The zero-order chi connectivity index (χ0) is 18.4. The highest BCUT2D eigenvalue weighted by molar-refractivity contribution is 5.96. The van der Waals surface area contributed by atoms with Crippen molar-refractivity contribution in [1.82, 2.24) is 10.6 Å². The second-order valence-electron chi connectivity index (χ2n) is 5.85. The van der Waals surface area contributed by atoms with Crippen LogP contribution in [0, 0.1) is 0 Å². The van der Waals surface area contributed by atoms with E-state index in [0.717, 1.165) is 12.8 Å². The molecule has 9 nitrogen and oxygen atoms in total. The van der Waals surface area contributed by atoms with Gasteiger partial charge in [0.2, 0.25) is 6.79 Å². The van der Waals surface area contributed by atoms with Gasteiger partial charge in [0.05, 0.1) is 6.10 Å². The van der Waals surface area contributed by atoms with Crippen LogP contribution in [-0.2, 0) is 19.1 Å². The first-order chi connectivity index (χ1) is 12.6. The number of fused-ring (bicyclic) bond motifs is 1. The number of hydrogen-bond donors (Lipinski definition) is 2. The van der Waals surface area contributed by atoms with Crippen molar-refractivity contribution < 1.29 is 33.3 Å². The van der Waals surface area contributed by atoms with E-state index in [1.165, 1.54) is 6.07 Å². The van der Waals surface area contributed by atoms with Crippen LogP contribution in [0.15, 0.2) is 18.2 Å². The fraction of sp³-hybridized carbons (Fsp3) is 0.471. The normalized spacial score (nSPS) is 17.6. The molecule has 2 aliphatic rings. The number of hydrogen-bond acceptors (Lipinski definition) is 7. The second kappa shape index (κ2) is 8.52. The number of amides is 2. The van der Waals surface area contributed by atoms with Crippen LogP contribution in [0.4, 0.5) is 0 Å². The summed E-state index contributed by atoms with van der Waals surface area (Å²) in [6, 6.07) is 4.71. The van der Waals surface area contributed by atoms with Crippen LogP contribution in [0.3, 0.4) is 0 Å². The second-order valence-corrected chi connectivity index (χ2v) is 5.85. The Morgan fingerprint density at radius 1 is 1.15 bits per heavy atom. The van der Waals surface area contributed by atoms with Crippen molar-refractivity contribution in [1.29, 1.82) is 0 Å². The van der Waals surface area contributed by atoms with Crippen molar-refractivity contribution in [2.75, 3.05) is 33.1 Å². The standard InChI is InChI=1S/C17H20N2O7/c20-15(18-7-12-2-1-5-23-12)9-24-16(21)8-19-17(22)11-3-4-13-14(6-11)26-10-25-13/h3-4,6,12H,1-2,5,7-10H2,(H,18,20)(H,19,22)/t12-/m1/s1. The van der Waals surface area contributed by atoms with E-state index in [-0.39, 0.29) is 19.4 Å². The van der Waals surface area contributed by atoms with E-state index in [4.69, 9.17) is 18.9 Å². The maximum Gasteiger partial charge on any atom is 0.325 e. The smallest absolute Gasteiger partial charge is 0.325 e. The molecule has 1 atom stereocenters. The van der Waals surface area contributed by atoms with Crippen LogP contribution < -0.4 is 20.1 Å². The van der Waals surface area contributed by atoms with Gasteiger partial charge < -0.3 is 29.6 Å². The maximum atomic E-state index is 12.0. The highest BCUT2D eigenvalue weighted by Crippen LogP contribution is 2.32. The molecule has 0 bridgehead atoms. The lowest BCUT2D eigenvalue weighted by molar-refractivity contribution is -0.147. The lowest BCUT2D eigenvalue weighted by Crippen LogP contribution is -2.36. The minimum atomic E-state index is -0.702. The summed E-state index contributed by atoms with van der Waals surface area (Å²) in [5, 5.41) is 5.07. The highest BCUT2D eigenvalue weighted by Gasteiger charge is 2.18. The van der Waals surface area contributed by atoms with Crippen molar-refractivity contribution in [3.05, 3.63) is 23.8 Å². The number of rotatable bonds is 7. The molecule has 2 heterocycles. The first-order valence-electron chi connectivity index (χ1n) is 8.33. The molecule has 1 aromatic rings. The number of benzene rings is 1. The van der Waals surface area contributed by atoms with Gasteiger partial charge >= 0.3 is 5.97 Å². The topological polar surface area (TPSA) is 112 Å². The Kier molecular flexibility index (Phi) is 5.90. The molecule has 26 heavy (non-hydrogen) atoms. The quantitative estimate of drug-likeness (QED) is 0.654. The van der Waals surface area contributed by atoms with E-state index < -0.39 is 24.4 Å². The predicted octanol–water partition coefficient (Wildman–Crippen LogP) is -0.0165. The van der Waals surface area contributed by atoms with Gasteiger partial charge in [-0.05, 0) is 31.0 Å². The third kappa shape index (κ3) is 4.85. The molecule has 140 valence electrons. The summed E-state index contributed by atoms with van der Waals surface area (Å²) in [5.41, 5.74) is 0.330. The molecular weight excluding hydrogens is 344 g/mol. The van der Waals surface area contributed by atoms with Crippen LogP contribution >= 0.6 is 0 Å². The minimum absolute atomic E-state index is 0.0237. The number of ether oxygens (including phenoxy) is 4. The lowest BCUT2D eigenvalue weighted by Gasteiger charge is -2.11. The van der Waals surface area contributed by atoms with Crippen molar-refractivity contribution in [3.63, 3.8) is 0 Å². The van der Waals surface area contributed by atoms with Gasteiger partial charge in [-0.2, -0.15) is 0 Å². The Balaban J connectivity index is 1.34. The van der Waals surface area contributed by atoms with Crippen molar-refractivity contribution >= 4 is 17.8 Å². The van der Waals surface area contributed by atoms with Gasteiger partial charge in [0, 0.05) is 18.7 Å². The molecular formula is C17H20N2O7. The van der Waals surface area contributed by atoms with E-state index in [1.54, 1.807) is 12.1 Å². The molecule has 3 rings (SSSR count). The van der Waals surface area contributed by atoms with Crippen molar-refractivity contribution in [2.45, 2.75) is 18.9 Å². The molecule has 2 amide bonds. The van der Waals surface area contributed by atoms with Gasteiger partial charge in [-0.15, -0.1) is 0 Å². The van der Waals surface area contributed by atoms with E-state index >= 15 is 0 Å². The number of nitrogens with one attached hydrogen (secondary N) is 2. The van der Waals surface area contributed by atoms with Gasteiger partial charge in [0.25, 0.3) is 11.8 Å². The SMILES string of the molecule is O=C(COC(=O)CNC(=O)c1ccc2c(c1)OCO2)NC[C@H]1CCCO1. The Bertz CT molecular complexity index is 686. The maximum absolute atomic E-state index is 12.0. The van der Waals surface area contributed by atoms with Gasteiger partial charge in [-0.3, -0.25) is 14.4 Å². The number of carbonyl (C=O) groups excluding carboxylic acids is 3. The average Bonchev–Trinajstić information content (AvgIpc) is 3.33. The number of carbonyl (C=O) groups is 3. The molecule has 0 aromatic heterocycles. The van der Waals surface area contributed by atoms with Gasteiger partial charge in [0.1, 0.15) is 6.54 Å². The zero-order valence-electron chi connectivity index (χ0n) is 14.1. The predicted molar refractivity (Wildman–Crippen MR) is 87.8 cm³/mol. The third-order valence-electron chi connectivity index (χ3n) is 3.94. The van der Waals surface area contributed by atoms with E-state index in [2.05, 4.69) is 10.6 Å². The van der Waals surface area contributed by atoms with Crippen molar-refractivity contribution in [2.24, 2.45) is 0 Å². The van der Waals surface area contributed by atoms with E-state index in [9.17, 15) is 14.4 Å². The Labute approximate surface area is 149 Å². The van der Waals surface area contributed by atoms with Crippen LogP contribution in [-0.4, -0.2) is 57.0 Å². The van der Waals surface area contributed by atoms with E-state index in [0.29, 0.717) is 30.2 Å². The van der Waals surface area contributed by atoms with Gasteiger partial charge in [-0.1, -0.05) is 0 Å². The molecule has 0 aliphatic carbocycles. The molecule has 1 saturated heterocycles. The van der Waals surface area contributed by atoms with Crippen LogP contribution in [0.25, 0.3) is 0 Å². The highest BCUT2D eigenvalue weighted by atomic mass is 16.7. The molecule has 1 fully saturated rings. The fourth-order valence-corrected chi connectivity index (χ4v) is 2.57. The Hall–Kier alpha value is -2.81. The molecule has 2 aliphatic heterocycles. The Morgan fingerprint density at radius 3 is 2.81 bits per heavy atom. The largest absolute Gasteiger partial charge is 0.454 e. The number of esters is 1. The van der Waals surface area contributed by atoms with E-state index in [1.807, 2.05) is 0 Å². The van der Waals surface area contributed by atoms with Gasteiger partial charge in [0.15, 0.2) is 18.1 Å². The third-order valence-corrected chi connectivity index (χ3v) is 3.94. The molecule has 9 heteroatoms. The molecule has 0 radical (unpaired) electrons. The monoisotopic (exact) mass is 364 g/mol. The minimum Gasteiger partial charge on any atom is -0.454 e. The zero-order valence-corrected chi connectivity index (χ0v) is 14.1. The van der Waals surface area contributed by atoms with Crippen LogP contribution in [0.5, 0.6) is 11.5 Å². The summed E-state index contributed by atoms with van der Waals surface area (Å²) in [7, 11) is 0. The summed E-state index contributed by atoms with van der Waals surface area (Å²) in [6.07, 6.45) is 1.92. The Morgan fingerprint density at radius 2 is 2.00 bits per heavy atom. The lowest BCUT2D eigenvalue weighted by atomic mass is 10.2. The first kappa shape index (κ1) is 18.0. The fourth-order valence-electron chi connectivity index (χ4n) is 2.57. The van der Waals surface area contributed by atoms with Crippen molar-refractivity contribution in [3.8, 4) is 11.5 Å². The summed E-state index contributed by atoms with van der Waals surface area (Å²) in [4.78, 5) is 35.3.